The van der Waals surface area contributed by atoms with Crippen LogP contribution < -0.4 is 15.4 Å². The van der Waals surface area contributed by atoms with Crippen LogP contribution in [-0.2, 0) is 5.41 Å². The number of H-pyrrole nitrogens is 1. The minimum atomic E-state index is -0.521. The van der Waals surface area contributed by atoms with Crippen LogP contribution in [0.1, 0.15) is 36.8 Å². The van der Waals surface area contributed by atoms with Crippen molar-refractivity contribution in [1.82, 2.24) is 25.3 Å². The lowest BCUT2D eigenvalue weighted by Crippen LogP contribution is -2.18. The van der Waals surface area contributed by atoms with E-state index >= 15 is 0 Å². The molecule has 0 aliphatic carbocycles. The van der Waals surface area contributed by atoms with Crippen LogP contribution in [0.3, 0.4) is 0 Å². The van der Waals surface area contributed by atoms with Gasteiger partial charge in [0.05, 0.1) is 11.0 Å². The number of nitrogens with zero attached hydrogens (tertiary/aromatic N) is 3. The van der Waals surface area contributed by atoms with Gasteiger partial charge < -0.3 is 20.4 Å². The smallest absolute Gasteiger partial charge is 0.269 e. The number of carbonyl (C=O) groups excluding carboxylic acids is 1. The Hall–Kier alpha value is -4.79. The molecule has 0 saturated carbocycles. The monoisotopic (exact) mass is 510 g/mol. The number of pyridine rings is 2. The Bertz CT molecular complexity index is 1640. The number of anilines is 2. The quantitative estimate of drug-likeness (QED) is 0.230. The number of rotatable bonds is 6. The van der Waals surface area contributed by atoms with E-state index < -0.39 is 5.95 Å². The van der Waals surface area contributed by atoms with E-state index in [2.05, 4.69) is 51.3 Å². The van der Waals surface area contributed by atoms with E-state index in [0.717, 1.165) is 33.4 Å². The molecule has 0 aliphatic rings. The number of aromatic nitrogens is 4. The molecule has 8 nitrogen and oxygen atoms in total. The Morgan fingerprint density at radius 1 is 0.947 bits per heavy atom. The number of benzene rings is 2. The van der Waals surface area contributed by atoms with Gasteiger partial charge in [0.25, 0.3) is 5.91 Å². The van der Waals surface area contributed by atoms with Crippen molar-refractivity contribution in [1.29, 1.82) is 0 Å². The molecule has 3 N–H and O–H groups in total. The summed E-state index contributed by atoms with van der Waals surface area (Å²) in [5, 5.41) is 5.87. The van der Waals surface area contributed by atoms with Gasteiger partial charge in [-0.3, -0.25) is 9.78 Å². The van der Waals surface area contributed by atoms with Crippen LogP contribution in [-0.4, -0.2) is 32.9 Å². The second kappa shape index (κ2) is 9.93. The SMILES string of the molecule is CNC(=O)c1cc(Oc2ccc3nc(Nc4ccc(C(C)(C)C)c(-c5ccnc(F)c5)c4)[nH]c3c2)ccn1. The van der Waals surface area contributed by atoms with Gasteiger partial charge in [0.2, 0.25) is 11.9 Å². The summed E-state index contributed by atoms with van der Waals surface area (Å²) in [5.74, 6) is 0.821. The minimum Gasteiger partial charge on any atom is -0.457 e. The molecule has 0 fully saturated rings. The van der Waals surface area contributed by atoms with E-state index in [0.29, 0.717) is 17.4 Å². The predicted molar refractivity (Wildman–Crippen MR) is 145 cm³/mol. The Kier molecular flexibility index (Phi) is 6.50. The lowest BCUT2D eigenvalue weighted by Gasteiger charge is -2.24. The molecule has 0 bridgehead atoms. The number of aromatic amines is 1. The van der Waals surface area contributed by atoms with Gasteiger partial charge in [-0.15, -0.1) is 0 Å². The van der Waals surface area contributed by atoms with Crippen molar-refractivity contribution in [2.75, 3.05) is 12.4 Å². The third kappa shape index (κ3) is 5.31. The van der Waals surface area contributed by atoms with Crippen molar-refractivity contribution in [3.8, 4) is 22.6 Å². The number of carbonyl (C=O) groups is 1. The van der Waals surface area contributed by atoms with Crippen molar-refractivity contribution < 1.29 is 13.9 Å². The van der Waals surface area contributed by atoms with Crippen LogP contribution in [0.15, 0.2) is 73.1 Å². The highest BCUT2D eigenvalue weighted by molar-refractivity contribution is 5.92. The number of halogens is 1. The number of amides is 1. The fraction of sp³-hybridized carbons (Fsp3) is 0.172. The van der Waals surface area contributed by atoms with Gasteiger partial charge in [-0.2, -0.15) is 4.39 Å². The first-order valence-corrected chi connectivity index (χ1v) is 12.1. The van der Waals surface area contributed by atoms with E-state index in [4.69, 9.17) is 4.74 Å². The van der Waals surface area contributed by atoms with E-state index in [1.807, 2.05) is 30.3 Å². The summed E-state index contributed by atoms with van der Waals surface area (Å²) in [6, 6.07) is 18.0. The molecule has 5 rings (SSSR count). The van der Waals surface area contributed by atoms with Gasteiger partial charge in [0.15, 0.2) is 0 Å². The van der Waals surface area contributed by atoms with Gasteiger partial charge in [-0.1, -0.05) is 26.8 Å². The van der Waals surface area contributed by atoms with Gasteiger partial charge >= 0.3 is 0 Å². The van der Waals surface area contributed by atoms with Crippen LogP contribution in [0.25, 0.3) is 22.2 Å². The summed E-state index contributed by atoms with van der Waals surface area (Å²) in [5.41, 5.74) is 5.23. The molecule has 5 aromatic rings. The minimum absolute atomic E-state index is 0.140. The van der Waals surface area contributed by atoms with Crippen molar-refractivity contribution in [3.05, 3.63) is 90.3 Å². The summed E-state index contributed by atoms with van der Waals surface area (Å²) >= 11 is 0. The van der Waals surface area contributed by atoms with Crippen molar-refractivity contribution >= 4 is 28.6 Å². The van der Waals surface area contributed by atoms with Crippen molar-refractivity contribution in [2.24, 2.45) is 0 Å². The van der Waals surface area contributed by atoms with Crippen LogP contribution in [0.5, 0.6) is 11.5 Å². The third-order valence-corrected chi connectivity index (χ3v) is 6.01. The molecule has 38 heavy (non-hydrogen) atoms. The maximum Gasteiger partial charge on any atom is 0.269 e. The topological polar surface area (TPSA) is 105 Å². The second-order valence-corrected chi connectivity index (χ2v) is 9.82. The van der Waals surface area contributed by atoms with E-state index in [9.17, 15) is 9.18 Å². The molecule has 1 amide bonds. The molecule has 0 spiro atoms. The molecule has 0 aliphatic heterocycles. The highest BCUT2D eigenvalue weighted by atomic mass is 19.1. The fourth-order valence-electron chi connectivity index (χ4n) is 4.20. The molecule has 3 aromatic heterocycles. The summed E-state index contributed by atoms with van der Waals surface area (Å²) in [7, 11) is 1.55. The average Bonchev–Trinajstić information content (AvgIpc) is 3.29. The number of ether oxygens (including phenoxy) is 1. The molecular weight excluding hydrogens is 483 g/mol. The first kappa shape index (κ1) is 24.9. The number of hydrogen-bond donors (Lipinski definition) is 3. The predicted octanol–water partition coefficient (Wildman–Crippen LogP) is 6.35. The zero-order valence-electron chi connectivity index (χ0n) is 21.5. The number of nitrogens with one attached hydrogen (secondary N) is 3. The summed E-state index contributed by atoms with van der Waals surface area (Å²) in [6.07, 6.45) is 3.00. The maximum absolute atomic E-state index is 13.9. The number of fused-ring (bicyclic) bond motifs is 1. The maximum atomic E-state index is 13.9. The number of imidazole rings is 1. The first-order valence-electron chi connectivity index (χ1n) is 12.1. The van der Waals surface area contributed by atoms with Crippen molar-refractivity contribution in [2.45, 2.75) is 26.2 Å². The highest BCUT2D eigenvalue weighted by Gasteiger charge is 2.20. The van der Waals surface area contributed by atoms with E-state index in [-0.39, 0.29) is 17.0 Å². The normalized spacial score (nSPS) is 11.4. The first-order chi connectivity index (χ1) is 18.2. The zero-order valence-corrected chi connectivity index (χ0v) is 21.5. The lowest BCUT2D eigenvalue weighted by atomic mass is 9.82. The summed E-state index contributed by atoms with van der Waals surface area (Å²) in [6.45, 7) is 6.38. The third-order valence-electron chi connectivity index (χ3n) is 6.01. The lowest BCUT2D eigenvalue weighted by molar-refractivity contribution is 0.0958. The van der Waals surface area contributed by atoms with E-state index in [1.54, 1.807) is 31.3 Å². The zero-order chi connectivity index (χ0) is 26.9. The Labute approximate surface area is 219 Å². The molecule has 3 heterocycles. The largest absolute Gasteiger partial charge is 0.457 e. The summed E-state index contributed by atoms with van der Waals surface area (Å²) < 4.78 is 19.9. The summed E-state index contributed by atoms with van der Waals surface area (Å²) in [4.78, 5) is 27.5. The Balaban J connectivity index is 1.41. The second-order valence-electron chi connectivity index (χ2n) is 9.82. The van der Waals surface area contributed by atoms with Crippen LogP contribution in [0, 0.1) is 5.95 Å². The Morgan fingerprint density at radius 2 is 1.74 bits per heavy atom. The number of hydrogen-bond acceptors (Lipinski definition) is 6. The molecule has 192 valence electrons. The standard InChI is InChI=1S/C29H27FN6O2/c1-29(2,3)22-7-5-18(14-21(22)17-9-11-33-26(30)13-17)34-28-35-23-8-6-19(15-24(23)36-28)38-20-10-12-32-25(16-20)27(37)31-4/h5-16H,1-4H3,(H,31,37)(H2,34,35,36). The molecule has 0 saturated heterocycles. The average molecular weight is 511 g/mol. The van der Waals surface area contributed by atoms with Gasteiger partial charge in [0, 0.05) is 43.3 Å². The molecule has 0 atom stereocenters. The van der Waals surface area contributed by atoms with Gasteiger partial charge in [0.1, 0.15) is 17.2 Å². The molecule has 9 heteroatoms. The van der Waals surface area contributed by atoms with E-state index in [1.165, 1.54) is 18.5 Å². The molecule has 0 unspecified atom stereocenters. The van der Waals surface area contributed by atoms with Crippen LogP contribution >= 0.6 is 0 Å². The van der Waals surface area contributed by atoms with Crippen LogP contribution in [0.2, 0.25) is 0 Å². The van der Waals surface area contributed by atoms with Crippen LogP contribution in [0.4, 0.5) is 16.0 Å². The van der Waals surface area contributed by atoms with Crippen molar-refractivity contribution in [3.63, 3.8) is 0 Å². The fourth-order valence-corrected chi connectivity index (χ4v) is 4.20. The Morgan fingerprint density at radius 3 is 2.50 bits per heavy atom. The van der Waals surface area contributed by atoms with Gasteiger partial charge in [-0.25, -0.2) is 9.97 Å². The highest BCUT2D eigenvalue weighted by Crippen LogP contribution is 2.36. The molecular formula is C29H27FN6O2. The molecule has 0 radical (unpaired) electrons. The molecule has 2 aromatic carbocycles. The van der Waals surface area contributed by atoms with Gasteiger partial charge in [-0.05, 0) is 58.5 Å².